The Kier molecular flexibility index (Phi) is 4.57. The third-order valence-electron chi connectivity index (χ3n) is 2.00. The van der Waals surface area contributed by atoms with Gasteiger partial charge in [0, 0.05) is 6.54 Å². The van der Waals surface area contributed by atoms with Gasteiger partial charge in [0.1, 0.15) is 0 Å². The first-order chi connectivity index (χ1) is 6.94. The van der Waals surface area contributed by atoms with Gasteiger partial charge < -0.3 is 15.7 Å². The fourth-order valence-electron chi connectivity index (χ4n) is 1.33. The Bertz CT molecular complexity index is 333. The molecule has 0 aromatic heterocycles. The molecule has 0 saturated carbocycles. The van der Waals surface area contributed by atoms with Crippen LogP contribution >= 0.6 is 23.8 Å². The predicted molar refractivity (Wildman–Crippen MR) is 62.9 cm³/mol. The molecule has 0 amide bonds. The van der Waals surface area contributed by atoms with Crippen LogP contribution in [0.5, 0.6) is 0 Å². The van der Waals surface area contributed by atoms with Crippen molar-refractivity contribution in [3.05, 3.63) is 0 Å². The summed E-state index contributed by atoms with van der Waals surface area (Å²) in [5, 5.41) is 13.9. The molecule has 0 spiro atoms. The second-order valence-corrected chi connectivity index (χ2v) is 6.45. The Morgan fingerprint density at radius 1 is 1.53 bits per heavy atom. The molecule has 1 aliphatic heterocycles. The highest BCUT2D eigenvalue weighted by Crippen LogP contribution is 2.17. The van der Waals surface area contributed by atoms with Gasteiger partial charge in [-0.1, -0.05) is 0 Å². The molecule has 2 unspecified atom stereocenters. The molecule has 88 valence electrons. The summed E-state index contributed by atoms with van der Waals surface area (Å²) in [6.45, 7) is 0.299. The molecule has 0 bridgehead atoms. The highest BCUT2D eigenvalue weighted by atomic mass is 35.5. The van der Waals surface area contributed by atoms with Crippen molar-refractivity contribution in [2.45, 2.75) is 11.4 Å². The molecular weight excluding hydrogens is 260 g/mol. The van der Waals surface area contributed by atoms with E-state index < -0.39 is 15.2 Å². The van der Waals surface area contributed by atoms with Gasteiger partial charge in [0.05, 0.1) is 29.5 Å². The highest BCUT2D eigenvalue weighted by molar-refractivity contribution is 7.91. The Morgan fingerprint density at radius 2 is 2.20 bits per heavy atom. The van der Waals surface area contributed by atoms with Gasteiger partial charge in [-0.2, -0.15) is 0 Å². The number of aliphatic hydroxyl groups is 1. The molecule has 1 heterocycles. The fraction of sp³-hybridized carbons (Fsp3) is 0.857. The molecule has 1 saturated heterocycles. The average molecular weight is 273 g/mol. The SMILES string of the molecule is O=S1(=O)CC(Cl)C(NC(=S)NCCO)C1. The summed E-state index contributed by atoms with van der Waals surface area (Å²) in [6, 6.07) is -0.352. The average Bonchev–Trinajstić information content (AvgIpc) is 2.36. The van der Waals surface area contributed by atoms with Crippen molar-refractivity contribution in [1.82, 2.24) is 10.6 Å². The summed E-state index contributed by atoms with van der Waals surface area (Å²) in [5.74, 6) is -0.0169. The van der Waals surface area contributed by atoms with Gasteiger partial charge in [0.25, 0.3) is 0 Å². The number of nitrogens with one attached hydrogen (secondary N) is 2. The quantitative estimate of drug-likeness (QED) is 0.445. The Morgan fingerprint density at radius 3 is 2.67 bits per heavy atom. The number of alkyl halides is 1. The van der Waals surface area contributed by atoms with Crippen molar-refractivity contribution in [3.8, 4) is 0 Å². The summed E-state index contributed by atoms with van der Waals surface area (Å²) in [4.78, 5) is 0. The minimum absolute atomic E-state index is 0.00209. The summed E-state index contributed by atoms with van der Waals surface area (Å²) in [6.07, 6.45) is 0. The maximum Gasteiger partial charge on any atom is 0.166 e. The predicted octanol–water partition coefficient (Wildman–Crippen LogP) is -1.15. The Labute approximate surface area is 99.1 Å². The molecule has 0 aromatic carbocycles. The molecule has 1 fully saturated rings. The van der Waals surface area contributed by atoms with Crippen LogP contribution in [0, 0.1) is 0 Å². The van der Waals surface area contributed by atoms with Gasteiger partial charge in [0.2, 0.25) is 0 Å². The van der Waals surface area contributed by atoms with Crippen LogP contribution < -0.4 is 10.6 Å². The zero-order chi connectivity index (χ0) is 11.5. The van der Waals surface area contributed by atoms with Crippen molar-refractivity contribution in [3.63, 3.8) is 0 Å². The number of hydrogen-bond donors (Lipinski definition) is 3. The minimum Gasteiger partial charge on any atom is -0.395 e. The minimum atomic E-state index is -3.04. The molecule has 3 N–H and O–H groups in total. The molecular formula is C7H13ClN2O3S2. The third-order valence-corrected chi connectivity index (χ3v) is 4.63. The summed E-state index contributed by atoms with van der Waals surface area (Å²) in [5.41, 5.74) is 0. The summed E-state index contributed by atoms with van der Waals surface area (Å²) in [7, 11) is -3.04. The molecule has 0 aliphatic carbocycles. The van der Waals surface area contributed by atoms with Gasteiger partial charge in [-0.25, -0.2) is 8.42 Å². The van der Waals surface area contributed by atoms with Gasteiger partial charge in [0.15, 0.2) is 14.9 Å². The van der Waals surface area contributed by atoms with Crippen LogP contribution in [-0.4, -0.2) is 54.7 Å². The molecule has 5 nitrogen and oxygen atoms in total. The molecule has 0 radical (unpaired) electrons. The van der Waals surface area contributed by atoms with E-state index in [0.717, 1.165) is 0 Å². The van der Waals surface area contributed by atoms with E-state index in [4.69, 9.17) is 28.9 Å². The molecule has 15 heavy (non-hydrogen) atoms. The van der Waals surface area contributed by atoms with E-state index in [1.807, 2.05) is 0 Å². The van der Waals surface area contributed by atoms with Crippen LogP contribution in [-0.2, 0) is 9.84 Å². The molecule has 1 rings (SSSR count). The molecule has 2 atom stereocenters. The highest BCUT2D eigenvalue weighted by Gasteiger charge is 2.36. The molecule has 0 aromatic rings. The zero-order valence-corrected chi connectivity index (χ0v) is 10.3. The van der Waals surface area contributed by atoms with Crippen molar-refractivity contribution in [1.29, 1.82) is 0 Å². The van der Waals surface area contributed by atoms with E-state index in [1.54, 1.807) is 0 Å². The van der Waals surface area contributed by atoms with Crippen LogP contribution in [0.1, 0.15) is 0 Å². The first-order valence-corrected chi connectivity index (χ1v) is 7.11. The van der Waals surface area contributed by atoms with Crippen molar-refractivity contribution < 1.29 is 13.5 Å². The number of hydrogen-bond acceptors (Lipinski definition) is 4. The van der Waals surface area contributed by atoms with Crippen LogP contribution in [0.3, 0.4) is 0 Å². The van der Waals surface area contributed by atoms with E-state index in [2.05, 4.69) is 10.6 Å². The number of aliphatic hydroxyl groups excluding tert-OH is 1. The van der Waals surface area contributed by atoms with Crippen LogP contribution in [0.2, 0.25) is 0 Å². The van der Waals surface area contributed by atoms with E-state index in [-0.39, 0.29) is 24.2 Å². The largest absolute Gasteiger partial charge is 0.395 e. The monoisotopic (exact) mass is 272 g/mol. The molecule has 1 aliphatic rings. The van der Waals surface area contributed by atoms with Crippen molar-refractivity contribution in [2.24, 2.45) is 0 Å². The smallest absolute Gasteiger partial charge is 0.166 e. The zero-order valence-electron chi connectivity index (χ0n) is 7.94. The van der Waals surface area contributed by atoms with Gasteiger partial charge in [-0.15, -0.1) is 11.6 Å². The van der Waals surface area contributed by atoms with E-state index >= 15 is 0 Å². The van der Waals surface area contributed by atoms with Crippen LogP contribution in [0.4, 0.5) is 0 Å². The number of rotatable bonds is 3. The van der Waals surface area contributed by atoms with Crippen LogP contribution in [0.15, 0.2) is 0 Å². The first-order valence-electron chi connectivity index (χ1n) is 4.44. The van der Waals surface area contributed by atoms with Gasteiger partial charge in [-0.05, 0) is 12.2 Å². The standard InChI is InChI=1S/C7H13ClN2O3S2/c8-5-3-15(12,13)4-6(5)10-7(14)9-1-2-11/h5-6,11H,1-4H2,(H2,9,10,14). The van der Waals surface area contributed by atoms with Crippen molar-refractivity contribution >= 4 is 38.8 Å². The second kappa shape index (κ2) is 5.29. The third kappa shape index (κ3) is 4.10. The van der Waals surface area contributed by atoms with Gasteiger partial charge in [-0.3, -0.25) is 0 Å². The molecule has 8 heteroatoms. The Hall–Kier alpha value is -0.110. The summed E-state index contributed by atoms with van der Waals surface area (Å²) < 4.78 is 22.4. The summed E-state index contributed by atoms with van der Waals surface area (Å²) >= 11 is 10.8. The fourth-order valence-corrected chi connectivity index (χ4v) is 4.13. The lowest BCUT2D eigenvalue weighted by Gasteiger charge is -2.16. The van der Waals surface area contributed by atoms with Gasteiger partial charge >= 0.3 is 0 Å². The number of thiocarbonyl (C=S) groups is 1. The van der Waals surface area contributed by atoms with E-state index in [9.17, 15) is 8.42 Å². The number of sulfone groups is 1. The van der Waals surface area contributed by atoms with Crippen LogP contribution in [0.25, 0.3) is 0 Å². The Balaban J connectivity index is 2.43. The second-order valence-electron chi connectivity index (χ2n) is 3.32. The maximum atomic E-state index is 11.2. The van der Waals surface area contributed by atoms with E-state index in [0.29, 0.717) is 11.7 Å². The normalized spacial score (nSPS) is 28.7. The van der Waals surface area contributed by atoms with E-state index in [1.165, 1.54) is 0 Å². The topological polar surface area (TPSA) is 78.4 Å². The lowest BCUT2D eigenvalue weighted by atomic mass is 10.2. The lowest BCUT2D eigenvalue weighted by Crippen LogP contribution is -2.46. The lowest BCUT2D eigenvalue weighted by molar-refractivity contribution is 0.300. The number of halogens is 1. The maximum absolute atomic E-state index is 11.2. The first kappa shape index (κ1) is 13.0. The van der Waals surface area contributed by atoms with Crippen molar-refractivity contribution in [2.75, 3.05) is 24.7 Å².